The first-order valence-electron chi connectivity index (χ1n) is 6.10. The molecular formula is C16H16N2O. The summed E-state index contributed by atoms with van der Waals surface area (Å²) in [5.74, 6) is 0.716. The molecule has 0 fully saturated rings. The van der Waals surface area contributed by atoms with Crippen molar-refractivity contribution in [3.8, 4) is 11.8 Å². The van der Waals surface area contributed by atoms with Crippen LogP contribution in [0.25, 0.3) is 0 Å². The van der Waals surface area contributed by atoms with Gasteiger partial charge < -0.3 is 10.1 Å². The molecule has 0 heterocycles. The molecule has 1 N–H and O–H groups in total. The number of benzene rings is 2. The van der Waals surface area contributed by atoms with Gasteiger partial charge in [0.25, 0.3) is 0 Å². The lowest BCUT2D eigenvalue weighted by molar-refractivity contribution is 0.409. The van der Waals surface area contributed by atoms with Crippen molar-refractivity contribution in [3.05, 3.63) is 59.7 Å². The molecule has 2 aromatic carbocycles. The molecule has 0 bridgehead atoms. The van der Waals surface area contributed by atoms with Crippen LogP contribution in [0.2, 0.25) is 0 Å². The highest BCUT2D eigenvalue weighted by Gasteiger charge is 2.14. The van der Waals surface area contributed by atoms with Gasteiger partial charge in [-0.25, -0.2) is 0 Å². The van der Waals surface area contributed by atoms with E-state index in [1.165, 1.54) is 5.56 Å². The van der Waals surface area contributed by atoms with E-state index in [1.54, 1.807) is 7.11 Å². The summed E-state index contributed by atoms with van der Waals surface area (Å²) in [6.45, 7) is 2.03. The summed E-state index contributed by atoms with van der Waals surface area (Å²) < 4.78 is 5.29. The molecule has 2 rings (SSSR count). The molecule has 0 aromatic heterocycles. The van der Waals surface area contributed by atoms with Gasteiger partial charge in [0.15, 0.2) is 0 Å². The maximum Gasteiger partial charge on any atom is 0.143 e. The zero-order valence-corrected chi connectivity index (χ0v) is 11.1. The fourth-order valence-corrected chi connectivity index (χ4v) is 1.90. The van der Waals surface area contributed by atoms with Gasteiger partial charge in [-0.15, -0.1) is 0 Å². The van der Waals surface area contributed by atoms with Crippen molar-refractivity contribution in [1.82, 2.24) is 0 Å². The fourth-order valence-electron chi connectivity index (χ4n) is 1.90. The Kier molecular flexibility index (Phi) is 4.04. The normalized spacial score (nSPS) is 11.4. The first kappa shape index (κ1) is 13.0. The Morgan fingerprint density at radius 1 is 1.11 bits per heavy atom. The highest BCUT2D eigenvalue weighted by atomic mass is 16.5. The Balaban J connectivity index is 2.25. The number of ether oxygens (including phenoxy) is 1. The Bertz CT molecular complexity index is 584. The number of hydrogen-bond acceptors (Lipinski definition) is 3. The summed E-state index contributed by atoms with van der Waals surface area (Å²) in [6, 6.07) is 17.3. The largest absolute Gasteiger partial charge is 0.496 e. The van der Waals surface area contributed by atoms with Crippen molar-refractivity contribution in [2.45, 2.75) is 13.0 Å². The van der Waals surface area contributed by atoms with E-state index in [9.17, 15) is 5.26 Å². The third kappa shape index (κ3) is 3.05. The molecule has 0 radical (unpaired) electrons. The molecular weight excluding hydrogens is 236 g/mol. The van der Waals surface area contributed by atoms with Crippen molar-refractivity contribution in [1.29, 1.82) is 5.26 Å². The molecule has 0 spiro atoms. The lowest BCUT2D eigenvalue weighted by Gasteiger charge is -2.16. The molecule has 0 saturated heterocycles. The van der Waals surface area contributed by atoms with E-state index in [4.69, 9.17) is 4.74 Å². The number of nitrogens with one attached hydrogen (secondary N) is 1. The molecule has 0 aliphatic carbocycles. The van der Waals surface area contributed by atoms with Crippen LogP contribution in [0.4, 0.5) is 5.69 Å². The van der Waals surface area contributed by atoms with Crippen LogP contribution >= 0.6 is 0 Å². The number of methoxy groups -OCH3 is 1. The van der Waals surface area contributed by atoms with E-state index >= 15 is 0 Å². The second-order valence-corrected chi connectivity index (χ2v) is 4.31. The predicted molar refractivity (Wildman–Crippen MR) is 76.1 cm³/mol. The van der Waals surface area contributed by atoms with Gasteiger partial charge in [0.1, 0.15) is 11.8 Å². The first-order valence-corrected chi connectivity index (χ1v) is 6.10. The third-order valence-corrected chi connectivity index (χ3v) is 2.94. The van der Waals surface area contributed by atoms with E-state index in [-0.39, 0.29) is 0 Å². The van der Waals surface area contributed by atoms with Crippen molar-refractivity contribution in [3.63, 3.8) is 0 Å². The van der Waals surface area contributed by atoms with Gasteiger partial charge in [-0.3, -0.25) is 0 Å². The van der Waals surface area contributed by atoms with Crippen molar-refractivity contribution < 1.29 is 4.74 Å². The lowest BCUT2D eigenvalue weighted by atomic mass is 10.1. The molecule has 0 amide bonds. The monoisotopic (exact) mass is 252 g/mol. The number of para-hydroxylation sites is 1. The Morgan fingerprint density at radius 3 is 2.42 bits per heavy atom. The van der Waals surface area contributed by atoms with E-state index < -0.39 is 6.04 Å². The molecule has 0 aliphatic rings. The summed E-state index contributed by atoms with van der Waals surface area (Å²) >= 11 is 0. The fraction of sp³-hybridized carbons (Fsp3) is 0.188. The van der Waals surface area contributed by atoms with Crippen LogP contribution in [0.5, 0.6) is 5.75 Å². The minimum absolute atomic E-state index is 0.432. The van der Waals surface area contributed by atoms with Gasteiger partial charge in [0.05, 0.1) is 13.2 Å². The van der Waals surface area contributed by atoms with Gasteiger partial charge in [-0.2, -0.15) is 5.26 Å². The van der Waals surface area contributed by atoms with Crippen LogP contribution in [0.15, 0.2) is 48.5 Å². The molecule has 1 atom stereocenters. The number of aryl methyl sites for hydroxylation is 1. The zero-order valence-electron chi connectivity index (χ0n) is 11.1. The Hall–Kier alpha value is -2.47. The van der Waals surface area contributed by atoms with Gasteiger partial charge in [0.2, 0.25) is 0 Å². The average molecular weight is 252 g/mol. The minimum atomic E-state index is -0.432. The van der Waals surface area contributed by atoms with Gasteiger partial charge in [0, 0.05) is 11.3 Å². The van der Waals surface area contributed by atoms with Crippen molar-refractivity contribution >= 4 is 5.69 Å². The maximum atomic E-state index is 9.35. The van der Waals surface area contributed by atoms with E-state index in [2.05, 4.69) is 11.4 Å². The smallest absolute Gasteiger partial charge is 0.143 e. The summed E-state index contributed by atoms with van der Waals surface area (Å²) in [4.78, 5) is 0. The Labute approximate surface area is 113 Å². The SMILES string of the molecule is COc1ccccc1C(C#N)Nc1ccc(C)cc1. The quantitative estimate of drug-likeness (QED) is 0.902. The number of rotatable bonds is 4. The topological polar surface area (TPSA) is 45.0 Å². The average Bonchev–Trinajstić information content (AvgIpc) is 2.46. The highest BCUT2D eigenvalue weighted by molar-refractivity contribution is 5.50. The van der Waals surface area contributed by atoms with Crippen LogP contribution < -0.4 is 10.1 Å². The number of hydrogen-bond donors (Lipinski definition) is 1. The van der Waals surface area contributed by atoms with Crippen LogP contribution in [-0.2, 0) is 0 Å². The van der Waals surface area contributed by atoms with Gasteiger partial charge in [-0.05, 0) is 25.1 Å². The minimum Gasteiger partial charge on any atom is -0.496 e. The molecule has 3 heteroatoms. The summed E-state index contributed by atoms with van der Waals surface area (Å²) in [5.41, 5.74) is 2.95. The molecule has 96 valence electrons. The molecule has 19 heavy (non-hydrogen) atoms. The molecule has 2 aromatic rings. The molecule has 0 aliphatic heterocycles. The third-order valence-electron chi connectivity index (χ3n) is 2.94. The summed E-state index contributed by atoms with van der Waals surface area (Å²) in [5, 5.41) is 12.6. The molecule has 1 unspecified atom stereocenters. The van der Waals surface area contributed by atoms with E-state index in [1.807, 2.05) is 55.5 Å². The van der Waals surface area contributed by atoms with E-state index in [0.29, 0.717) is 5.75 Å². The number of nitriles is 1. The second kappa shape index (κ2) is 5.92. The number of nitrogens with zero attached hydrogens (tertiary/aromatic N) is 1. The first-order chi connectivity index (χ1) is 9.24. The van der Waals surface area contributed by atoms with Crippen LogP contribution in [-0.4, -0.2) is 7.11 Å². The lowest BCUT2D eigenvalue weighted by Crippen LogP contribution is -2.09. The predicted octanol–water partition coefficient (Wildman–Crippen LogP) is 3.68. The number of anilines is 1. The van der Waals surface area contributed by atoms with E-state index in [0.717, 1.165) is 11.3 Å². The highest BCUT2D eigenvalue weighted by Crippen LogP contribution is 2.27. The van der Waals surface area contributed by atoms with Gasteiger partial charge >= 0.3 is 0 Å². The standard InChI is InChI=1S/C16H16N2O/c1-12-7-9-13(10-8-12)18-15(11-17)14-5-3-4-6-16(14)19-2/h3-10,15,18H,1-2H3. The van der Waals surface area contributed by atoms with Crippen molar-refractivity contribution in [2.75, 3.05) is 12.4 Å². The van der Waals surface area contributed by atoms with Crippen LogP contribution in [0.1, 0.15) is 17.2 Å². The van der Waals surface area contributed by atoms with Gasteiger partial charge in [-0.1, -0.05) is 35.9 Å². The molecule has 3 nitrogen and oxygen atoms in total. The van der Waals surface area contributed by atoms with Crippen molar-refractivity contribution in [2.24, 2.45) is 0 Å². The summed E-state index contributed by atoms with van der Waals surface area (Å²) in [6.07, 6.45) is 0. The second-order valence-electron chi connectivity index (χ2n) is 4.31. The summed E-state index contributed by atoms with van der Waals surface area (Å²) in [7, 11) is 1.61. The van der Waals surface area contributed by atoms with Crippen LogP contribution in [0, 0.1) is 18.3 Å². The maximum absolute atomic E-state index is 9.35. The van der Waals surface area contributed by atoms with Crippen LogP contribution in [0.3, 0.4) is 0 Å². The molecule has 0 saturated carbocycles. The zero-order chi connectivity index (χ0) is 13.7. The Morgan fingerprint density at radius 2 is 1.79 bits per heavy atom.